The van der Waals surface area contributed by atoms with Crippen LogP contribution in [-0.4, -0.2) is 18.8 Å². The van der Waals surface area contributed by atoms with E-state index in [0.29, 0.717) is 0 Å². The third kappa shape index (κ3) is 2.39. The highest BCUT2D eigenvalue weighted by molar-refractivity contribution is 5.87. The van der Waals surface area contributed by atoms with Gasteiger partial charge in [0.25, 0.3) is 0 Å². The zero-order valence-corrected chi connectivity index (χ0v) is 7.66. The van der Waals surface area contributed by atoms with Crippen LogP contribution in [0.2, 0.25) is 0 Å². The molecule has 2 nitrogen and oxygen atoms in total. The summed E-state index contributed by atoms with van der Waals surface area (Å²) in [5.41, 5.74) is 2.41. The standard InChI is InChI=1S/C11H14N2/c1-2-4-10(5-3-1)13-11-6-8-12-9-7-11/h1-5,12H,6-9H2. The molecule has 13 heavy (non-hydrogen) atoms. The number of para-hydroxylation sites is 1. The lowest BCUT2D eigenvalue weighted by Gasteiger charge is -2.13. The minimum absolute atomic E-state index is 1.08. The highest BCUT2D eigenvalue weighted by Gasteiger charge is 2.05. The minimum Gasteiger partial charge on any atom is -0.316 e. The van der Waals surface area contributed by atoms with Crippen LogP contribution in [0.5, 0.6) is 0 Å². The highest BCUT2D eigenvalue weighted by Crippen LogP contribution is 2.12. The lowest BCUT2D eigenvalue weighted by atomic mass is 10.1. The summed E-state index contributed by atoms with van der Waals surface area (Å²) in [6.45, 7) is 2.15. The molecule has 0 aliphatic carbocycles. The van der Waals surface area contributed by atoms with Crippen molar-refractivity contribution < 1.29 is 0 Å². The van der Waals surface area contributed by atoms with E-state index in [1.165, 1.54) is 5.71 Å². The van der Waals surface area contributed by atoms with Crippen LogP contribution in [0, 0.1) is 0 Å². The Morgan fingerprint density at radius 2 is 1.69 bits per heavy atom. The van der Waals surface area contributed by atoms with E-state index >= 15 is 0 Å². The monoisotopic (exact) mass is 174 g/mol. The molecule has 1 N–H and O–H groups in total. The smallest absolute Gasteiger partial charge is 0.0629 e. The van der Waals surface area contributed by atoms with Crippen LogP contribution in [0.3, 0.4) is 0 Å². The molecule has 0 saturated carbocycles. The quantitative estimate of drug-likeness (QED) is 0.693. The normalized spacial score (nSPS) is 17.1. The van der Waals surface area contributed by atoms with Crippen LogP contribution in [0.15, 0.2) is 35.3 Å². The molecule has 0 atom stereocenters. The van der Waals surface area contributed by atoms with Crippen LogP contribution in [0.25, 0.3) is 0 Å². The average Bonchev–Trinajstić information content (AvgIpc) is 2.21. The summed E-state index contributed by atoms with van der Waals surface area (Å²) in [6.07, 6.45) is 2.18. The van der Waals surface area contributed by atoms with Crippen molar-refractivity contribution in [3.8, 4) is 0 Å². The van der Waals surface area contributed by atoms with Crippen LogP contribution in [0.1, 0.15) is 12.8 Å². The molecule has 0 radical (unpaired) electrons. The number of benzene rings is 1. The maximum absolute atomic E-state index is 4.59. The fourth-order valence-corrected chi connectivity index (χ4v) is 1.51. The lowest BCUT2D eigenvalue weighted by Crippen LogP contribution is -2.27. The Bertz CT molecular complexity index is 282. The number of hydrogen-bond acceptors (Lipinski definition) is 2. The summed E-state index contributed by atoms with van der Waals surface area (Å²) in [6, 6.07) is 10.2. The van der Waals surface area contributed by atoms with E-state index in [4.69, 9.17) is 0 Å². The van der Waals surface area contributed by atoms with Gasteiger partial charge in [-0.3, -0.25) is 4.99 Å². The fraction of sp³-hybridized carbons (Fsp3) is 0.364. The second-order valence-corrected chi connectivity index (χ2v) is 3.26. The second-order valence-electron chi connectivity index (χ2n) is 3.26. The van der Waals surface area contributed by atoms with Crippen LogP contribution in [-0.2, 0) is 0 Å². The zero-order valence-electron chi connectivity index (χ0n) is 7.66. The van der Waals surface area contributed by atoms with Gasteiger partial charge in [-0.15, -0.1) is 0 Å². The van der Waals surface area contributed by atoms with Crippen LogP contribution >= 0.6 is 0 Å². The van der Waals surface area contributed by atoms with E-state index in [-0.39, 0.29) is 0 Å². The molecule has 0 aromatic heterocycles. The Labute approximate surface area is 78.7 Å². The third-order valence-electron chi connectivity index (χ3n) is 2.22. The molecule has 0 bridgehead atoms. The number of nitrogens with one attached hydrogen (secondary N) is 1. The summed E-state index contributed by atoms with van der Waals surface area (Å²) in [5.74, 6) is 0. The minimum atomic E-state index is 1.08. The molecule has 0 amide bonds. The summed E-state index contributed by atoms with van der Waals surface area (Å²) in [4.78, 5) is 4.59. The van der Waals surface area contributed by atoms with Gasteiger partial charge in [0.05, 0.1) is 5.69 Å². The molecule has 0 spiro atoms. The van der Waals surface area contributed by atoms with E-state index in [2.05, 4.69) is 22.4 Å². The molecule has 0 unspecified atom stereocenters. The SMILES string of the molecule is c1ccc(N=C2CCNCC2)cc1. The van der Waals surface area contributed by atoms with Crippen molar-refractivity contribution in [3.63, 3.8) is 0 Å². The van der Waals surface area contributed by atoms with Crippen molar-refractivity contribution in [1.82, 2.24) is 5.32 Å². The van der Waals surface area contributed by atoms with Gasteiger partial charge >= 0.3 is 0 Å². The van der Waals surface area contributed by atoms with Crippen LogP contribution < -0.4 is 5.32 Å². The molecule has 2 rings (SSSR count). The number of piperidine rings is 1. The Hall–Kier alpha value is -1.15. The van der Waals surface area contributed by atoms with Gasteiger partial charge < -0.3 is 5.32 Å². The van der Waals surface area contributed by atoms with Crippen molar-refractivity contribution in [2.24, 2.45) is 4.99 Å². The average molecular weight is 174 g/mol. The van der Waals surface area contributed by atoms with Gasteiger partial charge in [-0.05, 0) is 25.0 Å². The van der Waals surface area contributed by atoms with E-state index in [0.717, 1.165) is 31.6 Å². The highest BCUT2D eigenvalue weighted by atomic mass is 14.9. The van der Waals surface area contributed by atoms with Crippen molar-refractivity contribution in [2.75, 3.05) is 13.1 Å². The van der Waals surface area contributed by atoms with Gasteiger partial charge in [0, 0.05) is 18.8 Å². The summed E-state index contributed by atoms with van der Waals surface area (Å²) in [7, 11) is 0. The van der Waals surface area contributed by atoms with Gasteiger partial charge in [-0.2, -0.15) is 0 Å². The molecule has 1 aromatic rings. The molecular formula is C11H14N2. The number of aliphatic imine (C=N–C) groups is 1. The first-order valence-electron chi connectivity index (χ1n) is 4.77. The first kappa shape index (κ1) is 8.45. The Morgan fingerprint density at radius 3 is 2.38 bits per heavy atom. The number of rotatable bonds is 1. The molecule has 1 fully saturated rings. The van der Waals surface area contributed by atoms with Crippen molar-refractivity contribution in [3.05, 3.63) is 30.3 Å². The van der Waals surface area contributed by atoms with Crippen molar-refractivity contribution in [2.45, 2.75) is 12.8 Å². The van der Waals surface area contributed by atoms with Crippen LogP contribution in [0.4, 0.5) is 5.69 Å². The number of hydrogen-bond donors (Lipinski definition) is 1. The van der Waals surface area contributed by atoms with Gasteiger partial charge in [-0.25, -0.2) is 0 Å². The van der Waals surface area contributed by atoms with Crippen molar-refractivity contribution >= 4 is 11.4 Å². The van der Waals surface area contributed by atoms with Crippen molar-refractivity contribution in [1.29, 1.82) is 0 Å². The van der Waals surface area contributed by atoms with Gasteiger partial charge in [-0.1, -0.05) is 18.2 Å². The van der Waals surface area contributed by atoms with E-state index in [9.17, 15) is 0 Å². The van der Waals surface area contributed by atoms with Gasteiger partial charge in [0.2, 0.25) is 0 Å². The topological polar surface area (TPSA) is 24.4 Å². The maximum Gasteiger partial charge on any atom is 0.0629 e. The largest absolute Gasteiger partial charge is 0.316 e. The molecule has 68 valence electrons. The Balaban J connectivity index is 2.10. The summed E-state index contributed by atoms with van der Waals surface area (Å²) in [5, 5.41) is 3.32. The molecule has 1 aromatic carbocycles. The molecule has 1 heterocycles. The second kappa shape index (κ2) is 4.19. The third-order valence-corrected chi connectivity index (χ3v) is 2.22. The Morgan fingerprint density at radius 1 is 1.00 bits per heavy atom. The van der Waals surface area contributed by atoms with E-state index < -0.39 is 0 Å². The van der Waals surface area contributed by atoms with E-state index in [1.807, 2.05) is 18.2 Å². The summed E-state index contributed by atoms with van der Waals surface area (Å²) < 4.78 is 0. The maximum atomic E-state index is 4.59. The molecule has 1 saturated heterocycles. The zero-order chi connectivity index (χ0) is 8.93. The van der Waals surface area contributed by atoms with Gasteiger partial charge in [0.15, 0.2) is 0 Å². The Kier molecular flexibility index (Phi) is 2.72. The first-order chi connectivity index (χ1) is 6.45. The predicted octanol–water partition coefficient (Wildman–Crippen LogP) is 2.14. The first-order valence-corrected chi connectivity index (χ1v) is 4.77. The molecule has 2 heteroatoms. The molecule has 1 aliphatic rings. The van der Waals surface area contributed by atoms with E-state index in [1.54, 1.807) is 0 Å². The molecular weight excluding hydrogens is 160 g/mol. The predicted molar refractivity (Wildman–Crippen MR) is 55.6 cm³/mol. The van der Waals surface area contributed by atoms with Gasteiger partial charge in [0.1, 0.15) is 0 Å². The summed E-state index contributed by atoms with van der Waals surface area (Å²) >= 11 is 0. The fourth-order valence-electron chi connectivity index (χ4n) is 1.51. The molecule has 1 aliphatic heterocycles. The number of nitrogens with zero attached hydrogens (tertiary/aromatic N) is 1. The lowest BCUT2D eigenvalue weighted by molar-refractivity contribution is 0.671.